The molecule has 0 unspecified atom stereocenters. The molecule has 0 atom stereocenters. The lowest BCUT2D eigenvalue weighted by Crippen LogP contribution is -2.38. The van der Waals surface area contributed by atoms with Crippen LogP contribution in [0.5, 0.6) is 0 Å². The minimum absolute atomic E-state index is 0.487. The Balaban J connectivity index is 3.67. The average molecular weight is 182 g/mol. The first-order valence-electron chi connectivity index (χ1n) is 4.43. The normalized spacial score (nSPS) is 12.5. The van der Waals surface area contributed by atoms with Crippen molar-refractivity contribution >= 4 is 6.98 Å². The number of nitrogens with zero attached hydrogens (tertiary/aromatic N) is 1. The van der Waals surface area contributed by atoms with E-state index in [0.29, 0.717) is 13.1 Å². The topological polar surface area (TPSA) is 3.24 Å². The zero-order valence-electron chi connectivity index (χ0n) is 7.69. The highest BCUT2D eigenvalue weighted by Crippen LogP contribution is 2.10. The molecule has 5 heteroatoms. The molecule has 0 heterocycles. The summed E-state index contributed by atoms with van der Waals surface area (Å²) in [7, 11) is 0. The quantitative estimate of drug-likeness (QED) is 0.570. The highest BCUT2D eigenvalue weighted by atomic mass is 19.4. The smallest absolute Gasteiger partial charge is 0.448 e. The molecule has 0 saturated heterocycles. The fourth-order valence-corrected chi connectivity index (χ4v) is 1.05. The van der Waals surface area contributed by atoms with Gasteiger partial charge >= 0.3 is 6.98 Å². The lowest BCUT2D eigenvalue weighted by atomic mass is 9.91. The third-order valence-electron chi connectivity index (χ3n) is 1.74. The molecule has 0 aromatic carbocycles. The van der Waals surface area contributed by atoms with Gasteiger partial charge in [-0.25, -0.2) is 0 Å². The largest absolute Gasteiger partial charge is 0.492 e. The van der Waals surface area contributed by atoms with E-state index >= 15 is 0 Å². The highest BCUT2D eigenvalue weighted by molar-refractivity contribution is 6.58. The molecule has 0 radical (unpaired) electrons. The maximum atomic E-state index is 11.9. The minimum Gasteiger partial charge on any atom is -0.448 e. The Hall–Kier alpha value is -0.185. The van der Waals surface area contributed by atoms with Gasteiger partial charge in [0, 0.05) is 0 Å². The fraction of sp³-hybridized carbons (Fsp3) is 1.00. The van der Waals surface area contributed by atoms with Crippen LogP contribution in [0.25, 0.3) is 0 Å². The molecule has 0 saturated carbocycles. The minimum atomic E-state index is -4.64. The van der Waals surface area contributed by atoms with Crippen LogP contribution >= 0.6 is 0 Å². The van der Waals surface area contributed by atoms with Crippen LogP contribution in [-0.4, -0.2) is 31.4 Å². The Labute approximate surface area is 72.0 Å². The standard InChI is InChI=1S/C7H16BF3N/c1-3-5-6-12(4-2)7-8(9,10)11/h3-7H2,1-2H3/q-1. The van der Waals surface area contributed by atoms with Gasteiger partial charge < -0.3 is 17.8 Å². The van der Waals surface area contributed by atoms with Crippen molar-refractivity contribution in [2.24, 2.45) is 0 Å². The van der Waals surface area contributed by atoms with Crippen molar-refractivity contribution in [1.82, 2.24) is 4.90 Å². The molecule has 0 aromatic rings. The first-order valence-corrected chi connectivity index (χ1v) is 4.43. The Morgan fingerprint density at radius 1 is 1.17 bits per heavy atom. The fourth-order valence-electron chi connectivity index (χ4n) is 1.05. The molecule has 1 nitrogen and oxygen atoms in total. The van der Waals surface area contributed by atoms with Crippen molar-refractivity contribution < 1.29 is 12.9 Å². The summed E-state index contributed by atoms with van der Waals surface area (Å²) in [5, 5.41) is 0. The molecular formula is C7H16BF3N-. The Morgan fingerprint density at radius 3 is 2.08 bits per heavy atom. The number of hydrogen-bond acceptors (Lipinski definition) is 1. The van der Waals surface area contributed by atoms with Crippen molar-refractivity contribution in [1.29, 1.82) is 0 Å². The molecule has 0 amide bonds. The lowest BCUT2D eigenvalue weighted by Gasteiger charge is -2.26. The molecule has 0 aliphatic heterocycles. The summed E-state index contributed by atoms with van der Waals surface area (Å²) >= 11 is 0. The summed E-state index contributed by atoms with van der Waals surface area (Å²) in [5.74, 6) is 0. The molecule has 0 N–H and O–H groups in total. The number of unbranched alkanes of at least 4 members (excludes halogenated alkanes) is 1. The van der Waals surface area contributed by atoms with Crippen molar-refractivity contribution in [3.63, 3.8) is 0 Å². The average Bonchev–Trinajstić information content (AvgIpc) is 1.95. The zero-order valence-corrected chi connectivity index (χ0v) is 7.69. The second-order valence-corrected chi connectivity index (χ2v) is 2.96. The molecule has 0 aromatic heterocycles. The van der Waals surface area contributed by atoms with E-state index in [1.807, 2.05) is 6.92 Å². The van der Waals surface area contributed by atoms with Crippen LogP contribution in [0.1, 0.15) is 26.7 Å². The summed E-state index contributed by atoms with van der Waals surface area (Å²) in [6, 6.07) is 0. The molecule has 0 fully saturated rings. The number of hydrogen-bond donors (Lipinski definition) is 0. The van der Waals surface area contributed by atoms with Crippen LogP contribution in [0.2, 0.25) is 0 Å². The van der Waals surface area contributed by atoms with Crippen LogP contribution < -0.4 is 0 Å². The zero-order chi connectivity index (χ0) is 9.61. The van der Waals surface area contributed by atoms with Gasteiger partial charge in [-0.1, -0.05) is 20.3 Å². The Bertz CT molecular complexity index is 116. The molecule has 0 bridgehead atoms. The maximum Gasteiger partial charge on any atom is 0.492 e. The van der Waals surface area contributed by atoms with Gasteiger partial charge in [0.1, 0.15) is 0 Å². The van der Waals surface area contributed by atoms with Gasteiger partial charge in [0.25, 0.3) is 0 Å². The first-order chi connectivity index (χ1) is 5.49. The van der Waals surface area contributed by atoms with Crippen LogP contribution in [0.3, 0.4) is 0 Å². The molecule has 0 aliphatic rings. The summed E-state index contributed by atoms with van der Waals surface area (Å²) < 4.78 is 35.8. The van der Waals surface area contributed by atoms with Crippen LogP contribution in [0, 0.1) is 0 Å². The van der Waals surface area contributed by atoms with Gasteiger partial charge in [-0.05, 0) is 26.0 Å². The molecule has 12 heavy (non-hydrogen) atoms. The first kappa shape index (κ1) is 11.8. The highest BCUT2D eigenvalue weighted by Gasteiger charge is 2.25. The second kappa shape index (κ2) is 5.46. The Kier molecular flexibility index (Phi) is 5.37. The Morgan fingerprint density at radius 2 is 1.75 bits per heavy atom. The number of halogens is 3. The monoisotopic (exact) mass is 182 g/mol. The second-order valence-electron chi connectivity index (χ2n) is 2.96. The van der Waals surface area contributed by atoms with E-state index in [9.17, 15) is 12.9 Å². The van der Waals surface area contributed by atoms with Gasteiger partial charge in [-0.3, -0.25) is 0 Å². The molecule has 0 spiro atoms. The van der Waals surface area contributed by atoms with E-state index in [0.717, 1.165) is 12.8 Å². The number of rotatable bonds is 6. The van der Waals surface area contributed by atoms with Gasteiger partial charge in [0.2, 0.25) is 0 Å². The predicted molar refractivity (Wildman–Crippen MR) is 46.1 cm³/mol. The summed E-state index contributed by atoms with van der Waals surface area (Å²) in [4.78, 5) is 1.45. The van der Waals surface area contributed by atoms with Gasteiger partial charge in [0.05, 0.1) is 0 Å². The van der Waals surface area contributed by atoms with Gasteiger partial charge in [-0.2, -0.15) is 0 Å². The van der Waals surface area contributed by atoms with Crippen molar-refractivity contribution in [3.8, 4) is 0 Å². The van der Waals surface area contributed by atoms with E-state index in [4.69, 9.17) is 0 Å². The van der Waals surface area contributed by atoms with Crippen molar-refractivity contribution in [2.45, 2.75) is 26.7 Å². The molecule has 74 valence electrons. The summed E-state index contributed by atoms with van der Waals surface area (Å²) in [6.45, 7) is 0.148. The van der Waals surface area contributed by atoms with E-state index < -0.39 is 13.4 Å². The SMILES string of the molecule is CCCCN(CC)C[B-](F)(F)F. The van der Waals surface area contributed by atoms with E-state index in [-0.39, 0.29) is 0 Å². The molecular weight excluding hydrogens is 166 g/mol. The lowest BCUT2D eigenvalue weighted by molar-refractivity contribution is 0.286. The predicted octanol–water partition coefficient (Wildman–Crippen LogP) is 2.50. The van der Waals surface area contributed by atoms with Crippen LogP contribution in [0.15, 0.2) is 0 Å². The van der Waals surface area contributed by atoms with E-state index in [2.05, 4.69) is 0 Å². The summed E-state index contributed by atoms with van der Waals surface area (Å²) in [5.41, 5.74) is 0. The molecule has 0 rings (SSSR count). The van der Waals surface area contributed by atoms with Crippen molar-refractivity contribution in [2.75, 3.05) is 19.5 Å². The van der Waals surface area contributed by atoms with Gasteiger partial charge in [-0.15, -0.1) is 0 Å². The van der Waals surface area contributed by atoms with Crippen LogP contribution in [0.4, 0.5) is 12.9 Å². The van der Waals surface area contributed by atoms with Gasteiger partial charge in [0.15, 0.2) is 0 Å². The third kappa shape index (κ3) is 6.52. The summed E-state index contributed by atoms with van der Waals surface area (Å²) in [6.07, 6.45) is 1.08. The maximum absolute atomic E-state index is 11.9. The third-order valence-corrected chi connectivity index (χ3v) is 1.74. The van der Waals surface area contributed by atoms with E-state index in [1.54, 1.807) is 6.92 Å². The van der Waals surface area contributed by atoms with E-state index in [1.165, 1.54) is 4.90 Å². The molecule has 0 aliphatic carbocycles. The van der Waals surface area contributed by atoms with Crippen molar-refractivity contribution in [3.05, 3.63) is 0 Å². The van der Waals surface area contributed by atoms with Crippen LogP contribution in [-0.2, 0) is 0 Å².